The summed E-state index contributed by atoms with van der Waals surface area (Å²) in [5.74, 6) is 0.695. The van der Waals surface area contributed by atoms with E-state index in [0.717, 1.165) is 22.2 Å². The minimum Gasteiger partial charge on any atom is -0.493 e. The average Bonchev–Trinajstić information content (AvgIpc) is 2.57. The van der Waals surface area contributed by atoms with Crippen LogP contribution < -0.4 is 10.1 Å². The minimum atomic E-state index is -0.825. The van der Waals surface area contributed by atoms with Crippen molar-refractivity contribution >= 4 is 22.4 Å². The molecule has 2 aromatic rings. The first-order valence-corrected chi connectivity index (χ1v) is 8.15. The van der Waals surface area contributed by atoms with Crippen molar-refractivity contribution in [2.45, 2.75) is 39.7 Å². The number of carbonyl (C=O) groups excluding carboxylic acids is 1. The maximum Gasteiger partial charge on any atom is 0.256 e. The number of ether oxygens (including phenoxy) is 2. The van der Waals surface area contributed by atoms with E-state index >= 15 is 0 Å². The summed E-state index contributed by atoms with van der Waals surface area (Å²) in [5, 5.41) is 4.96. The second-order valence-electron chi connectivity index (χ2n) is 5.56. The third kappa shape index (κ3) is 3.64. The van der Waals surface area contributed by atoms with Gasteiger partial charge in [-0.15, -0.1) is 0 Å². The molecule has 0 fully saturated rings. The number of amides is 1. The first kappa shape index (κ1) is 17.3. The zero-order valence-electron chi connectivity index (χ0n) is 14.3. The van der Waals surface area contributed by atoms with Crippen molar-refractivity contribution in [2.75, 3.05) is 18.5 Å². The summed E-state index contributed by atoms with van der Waals surface area (Å²) >= 11 is 0. The maximum absolute atomic E-state index is 12.6. The molecule has 124 valence electrons. The third-order valence-electron chi connectivity index (χ3n) is 4.05. The molecule has 0 aromatic heterocycles. The molecule has 1 amide bonds. The lowest BCUT2D eigenvalue weighted by molar-refractivity contribution is -0.139. The molecule has 0 heterocycles. The van der Waals surface area contributed by atoms with E-state index in [4.69, 9.17) is 9.47 Å². The molecule has 2 rings (SSSR count). The number of hydrogen-bond acceptors (Lipinski definition) is 3. The lowest BCUT2D eigenvalue weighted by Gasteiger charge is -2.27. The normalized spacial score (nSPS) is 13.6. The monoisotopic (exact) mass is 315 g/mol. The van der Waals surface area contributed by atoms with Crippen LogP contribution in [0, 0.1) is 0 Å². The van der Waals surface area contributed by atoms with Gasteiger partial charge in [0, 0.05) is 23.1 Å². The Bertz CT molecular complexity index is 683. The Morgan fingerprint density at radius 1 is 1.04 bits per heavy atom. The summed E-state index contributed by atoms with van der Waals surface area (Å²) in [4.78, 5) is 12.6. The van der Waals surface area contributed by atoms with Gasteiger partial charge in [0.2, 0.25) is 0 Å². The summed E-state index contributed by atoms with van der Waals surface area (Å²) in [6, 6.07) is 11.7. The molecule has 0 radical (unpaired) electrons. The van der Waals surface area contributed by atoms with Gasteiger partial charge in [-0.3, -0.25) is 4.79 Å². The smallest absolute Gasteiger partial charge is 0.256 e. The zero-order valence-corrected chi connectivity index (χ0v) is 14.3. The van der Waals surface area contributed by atoms with Gasteiger partial charge in [0.1, 0.15) is 11.4 Å². The quantitative estimate of drug-likeness (QED) is 0.824. The van der Waals surface area contributed by atoms with E-state index in [-0.39, 0.29) is 5.91 Å². The van der Waals surface area contributed by atoms with Crippen molar-refractivity contribution in [2.24, 2.45) is 0 Å². The van der Waals surface area contributed by atoms with E-state index in [0.29, 0.717) is 19.6 Å². The largest absolute Gasteiger partial charge is 0.493 e. The molecule has 0 saturated heterocycles. The molecule has 0 saturated carbocycles. The van der Waals surface area contributed by atoms with Crippen LogP contribution in [0.4, 0.5) is 5.69 Å². The summed E-state index contributed by atoms with van der Waals surface area (Å²) in [6.45, 7) is 8.73. The summed E-state index contributed by atoms with van der Waals surface area (Å²) in [6.07, 6.45) is 0.613. The van der Waals surface area contributed by atoms with Gasteiger partial charge in [0.05, 0.1) is 6.61 Å². The summed E-state index contributed by atoms with van der Waals surface area (Å²) < 4.78 is 11.3. The maximum atomic E-state index is 12.6. The van der Waals surface area contributed by atoms with E-state index in [1.807, 2.05) is 64.1 Å². The number of benzene rings is 2. The van der Waals surface area contributed by atoms with Crippen LogP contribution in [-0.4, -0.2) is 24.7 Å². The Kier molecular flexibility index (Phi) is 5.61. The van der Waals surface area contributed by atoms with Crippen molar-refractivity contribution < 1.29 is 14.3 Å². The number of nitrogens with one attached hydrogen (secondary N) is 1. The number of fused-ring (bicyclic) bond motifs is 1. The van der Waals surface area contributed by atoms with Crippen LogP contribution in [0.1, 0.15) is 34.1 Å². The highest BCUT2D eigenvalue weighted by Gasteiger charge is 2.32. The van der Waals surface area contributed by atoms with Crippen molar-refractivity contribution in [3.63, 3.8) is 0 Å². The molecular formula is C19H25NO3. The number of hydrogen-bond donors (Lipinski definition) is 1. The van der Waals surface area contributed by atoms with Crippen LogP contribution in [0.15, 0.2) is 36.4 Å². The van der Waals surface area contributed by atoms with E-state index < -0.39 is 5.60 Å². The van der Waals surface area contributed by atoms with Crippen molar-refractivity contribution in [1.82, 2.24) is 0 Å². The number of anilines is 1. The van der Waals surface area contributed by atoms with E-state index in [1.54, 1.807) is 0 Å². The lowest BCUT2D eigenvalue weighted by atomic mass is 10.0. The van der Waals surface area contributed by atoms with Gasteiger partial charge in [-0.25, -0.2) is 0 Å². The summed E-state index contributed by atoms with van der Waals surface area (Å²) in [7, 11) is 0. The van der Waals surface area contributed by atoms with Crippen LogP contribution in [0.3, 0.4) is 0 Å². The molecule has 23 heavy (non-hydrogen) atoms. The molecule has 0 aliphatic heterocycles. The second kappa shape index (κ2) is 7.47. The SMILES string of the molecule is CCOc1ccc(NC(=O)[C@@](C)(CC)OCC)c2ccccc12. The molecule has 1 atom stereocenters. The molecule has 0 aliphatic carbocycles. The average molecular weight is 315 g/mol. The second-order valence-corrected chi connectivity index (χ2v) is 5.56. The fourth-order valence-corrected chi connectivity index (χ4v) is 2.56. The molecule has 2 aromatic carbocycles. The molecule has 0 spiro atoms. The fourth-order valence-electron chi connectivity index (χ4n) is 2.56. The van der Waals surface area contributed by atoms with Gasteiger partial charge in [-0.05, 0) is 39.3 Å². The van der Waals surface area contributed by atoms with Crippen LogP contribution in [0.5, 0.6) is 5.75 Å². The Balaban J connectivity index is 2.37. The van der Waals surface area contributed by atoms with Crippen LogP contribution in [0.2, 0.25) is 0 Å². The Hall–Kier alpha value is -2.07. The van der Waals surface area contributed by atoms with Gasteiger partial charge in [-0.2, -0.15) is 0 Å². The summed E-state index contributed by atoms with van der Waals surface area (Å²) in [5.41, 5.74) is -0.0533. The Labute approximate surface area is 137 Å². The van der Waals surface area contributed by atoms with Crippen LogP contribution >= 0.6 is 0 Å². The van der Waals surface area contributed by atoms with Gasteiger partial charge in [-0.1, -0.05) is 31.2 Å². The molecule has 4 nitrogen and oxygen atoms in total. The Morgan fingerprint density at radius 2 is 1.74 bits per heavy atom. The van der Waals surface area contributed by atoms with Crippen molar-refractivity contribution in [3.05, 3.63) is 36.4 Å². The topological polar surface area (TPSA) is 47.6 Å². The minimum absolute atomic E-state index is 0.129. The highest BCUT2D eigenvalue weighted by molar-refractivity contribution is 6.06. The molecule has 0 aliphatic rings. The van der Waals surface area contributed by atoms with Crippen LogP contribution in [-0.2, 0) is 9.53 Å². The lowest BCUT2D eigenvalue weighted by Crippen LogP contribution is -2.42. The van der Waals surface area contributed by atoms with Crippen molar-refractivity contribution in [1.29, 1.82) is 0 Å². The molecule has 0 bridgehead atoms. The standard InChI is InChI=1S/C19H25NO3/c1-5-19(4,23-7-3)18(21)20-16-12-13-17(22-6-2)15-11-9-8-10-14(15)16/h8-13H,5-7H2,1-4H3,(H,20,21)/t19-/m1/s1. The van der Waals surface area contributed by atoms with Crippen LogP contribution in [0.25, 0.3) is 10.8 Å². The highest BCUT2D eigenvalue weighted by Crippen LogP contribution is 2.32. The highest BCUT2D eigenvalue weighted by atomic mass is 16.5. The van der Waals surface area contributed by atoms with E-state index in [9.17, 15) is 4.79 Å². The molecular weight excluding hydrogens is 290 g/mol. The number of rotatable bonds is 7. The van der Waals surface area contributed by atoms with Gasteiger partial charge in [0.25, 0.3) is 5.91 Å². The first-order valence-electron chi connectivity index (χ1n) is 8.15. The van der Waals surface area contributed by atoms with Gasteiger partial charge < -0.3 is 14.8 Å². The number of carbonyl (C=O) groups is 1. The van der Waals surface area contributed by atoms with E-state index in [2.05, 4.69) is 5.32 Å². The van der Waals surface area contributed by atoms with Crippen molar-refractivity contribution in [3.8, 4) is 5.75 Å². The van der Waals surface area contributed by atoms with Gasteiger partial charge in [0.15, 0.2) is 0 Å². The van der Waals surface area contributed by atoms with Gasteiger partial charge >= 0.3 is 0 Å². The first-order chi connectivity index (χ1) is 11.1. The predicted octanol–water partition coefficient (Wildman–Crippen LogP) is 4.38. The predicted molar refractivity (Wildman–Crippen MR) is 94.1 cm³/mol. The third-order valence-corrected chi connectivity index (χ3v) is 4.05. The fraction of sp³-hybridized carbons (Fsp3) is 0.421. The zero-order chi connectivity index (χ0) is 16.9. The van der Waals surface area contributed by atoms with E-state index in [1.165, 1.54) is 0 Å². The Morgan fingerprint density at radius 3 is 2.35 bits per heavy atom. The molecule has 4 heteroatoms. The molecule has 0 unspecified atom stereocenters. The molecule has 1 N–H and O–H groups in total.